The predicted octanol–water partition coefficient (Wildman–Crippen LogP) is 5.32. The van der Waals surface area contributed by atoms with Crippen molar-refractivity contribution in [2.45, 2.75) is 13.3 Å². The normalized spacial score (nSPS) is 11.6. The molecule has 2 heterocycles. The van der Waals surface area contributed by atoms with Crippen LogP contribution in [0.15, 0.2) is 54.7 Å². The van der Waals surface area contributed by atoms with E-state index in [9.17, 15) is 18.0 Å². The number of amides is 1. The van der Waals surface area contributed by atoms with E-state index < -0.39 is 6.36 Å². The number of aromatic nitrogens is 2. The molecular formula is C20H15F3N4O2. The van der Waals surface area contributed by atoms with Gasteiger partial charge in [0.2, 0.25) is 5.91 Å². The second kappa shape index (κ2) is 7.01. The fraction of sp³-hybridized carbons (Fsp3) is 0.100. The number of hydrogen-bond donors (Lipinski definition) is 3. The Morgan fingerprint density at radius 1 is 1.00 bits per heavy atom. The zero-order valence-electron chi connectivity index (χ0n) is 15.1. The first-order valence-corrected chi connectivity index (χ1v) is 8.59. The number of H-pyrrole nitrogens is 1. The summed E-state index contributed by atoms with van der Waals surface area (Å²) < 4.78 is 40.6. The molecule has 3 N–H and O–H groups in total. The maximum atomic E-state index is 12.3. The molecule has 0 radical (unpaired) electrons. The van der Waals surface area contributed by atoms with Crippen molar-refractivity contribution < 1.29 is 22.7 Å². The summed E-state index contributed by atoms with van der Waals surface area (Å²) in [6, 6.07) is 12.8. The van der Waals surface area contributed by atoms with Gasteiger partial charge in [-0.2, -0.15) is 0 Å². The van der Waals surface area contributed by atoms with E-state index in [4.69, 9.17) is 0 Å². The quantitative estimate of drug-likeness (QED) is 0.433. The van der Waals surface area contributed by atoms with Gasteiger partial charge in [-0.3, -0.25) is 4.79 Å². The molecule has 148 valence electrons. The average Bonchev–Trinajstić information content (AvgIpc) is 2.99. The molecule has 0 aliphatic heterocycles. The molecule has 2 aromatic carbocycles. The molecule has 0 saturated carbocycles. The van der Waals surface area contributed by atoms with E-state index in [-0.39, 0.29) is 11.7 Å². The lowest BCUT2D eigenvalue weighted by atomic mass is 10.1. The number of carbonyl (C=O) groups excluding carboxylic acids is 1. The summed E-state index contributed by atoms with van der Waals surface area (Å²) in [6.07, 6.45) is -3.11. The van der Waals surface area contributed by atoms with Crippen LogP contribution in [-0.2, 0) is 4.79 Å². The lowest BCUT2D eigenvalue weighted by molar-refractivity contribution is -0.274. The molecule has 0 spiro atoms. The number of hydrogen-bond acceptors (Lipinski definition) is 4. The molecule has 1 amide bonds. The zero-order chi connectivity index (χ0) is 20.6. The van der Waals surface area contributed by atoms with E-state index in [0.29, 0.717) is 22.7 Å². The number of aromatic amines is 1. The summed E-state index contributed by atoms with van der Waals surface area (Å²) in [6.45, 7) is 1.44. The Bertz CT molecular complexity index is 1200. The molecule has 2 aromatic heterocycles. The van der Waals surface area contributed by atoms with E-state index in [1.54, 1.807) is 12.3 Å². The van der Waals surface area contributed by atoms with Gasteiger partial charge in [0, 0.05) is 34.6 Å². The topological polar surface area (TPSA) is 79.0 Å². The molecule has 4 rings (SSSR count). The van der Waals surface area contributed by atoms with Crippen molar-refractivity contribution in [3.8, 4) is 5.75 Å². The predicted molar refractivity (Wildman–Crippen MR) is 104 cm³/mol. The number of pyridine rings is 1. The Balaban J connectivity index is 1.60. The van der Waals surface area contributed by atoms with E-state index >= 15 is 0 Å². The molecule has 9 heteroatoms. The summed E-state index contributed by atoms with van der Waals surface area (Å²) in [7, 11) is 0. The molecule has 4 aromatic rings. The van der Waals surface area contributed by atoms with Crippen LogP contribution in [0.4, 0.5) is 30.2 Å². The number of fused-ring (bicyclic) bond motifs is 3. The Morgan fingerprint density at radius 2 is 1.72 bits per heavy atom. The molecule has 0 aliphatic carbocycles. The Hall–Kier alpha value is -3.75. The van der Waals surface area contributed by atoms with Crippen LogP contribution < -0.4 is 15.4 Å². The van der Waals surface area contributed by atoms with E-state index in [2.05, 4.69) is 25.3 Å². The second-order valence-electron chi connectivity index (χ2n) is 6.38. The van der Waals surface area contributed by atoms with Gasteiger partial charge < -0.3 is 20.4 Å². The fourth-order valence-electron chi connectivity index (χ4n) is 3.04. The highest BCUT2D eigenvalue weighted by Gasteiger charge is 2.30. The van der Waals surface area contributed by atoms with Crippen LogP contribution in [0.25, 0.3) is 21.9 Å². The number of nitrogens with zero attached hydrogens (tertiary/aromatic N) is 1. The SMILES string of the molecule is CC(=O)Nc1ccc2c(c1)[nH]c1ncc(Nc3ccc(OC(F)(F)F)cc3)cc12. The Labute approximate surface area is 162 Å². The highest BCUT2D eigenvalue weighted by Crippen LogP contribution is 2.30. The smallest absolute Gasteiger partial charge is 0.406 e. The van der Waals surface area contributed by atoms with Gasteiger partial charge in [0.05, 0.1) is 11.9 Å². The summed E-state index contributed by atoms with van der Waals surface area (Å²) in [4.78, 5) is 18.8. The van der Waals surface area contributed by atoms with Crippen molar-refractivity contribution in [2.75, 3.05) is 10.6 Å². The number of nitrogens with one attached hydrogen (secondary N) is 3. The van der Waals surface area contributed by atoms with Gasteiger partial charge in [-0.25, -0.2) is 4.98 Å². The number of halogens is 3. The highest BCUT2D eigenvalue weighted by atomic mass is 19.4. The van der Waals surface area contributed by atoms with Gasteiger partial charge in [0.25, 0.3) is 0 Å². The summed E-state index contributed by atoms with van der Waals surface area (Å²) in [5.41, 5.74) is 3.45. The largest absolute Gasteiger partial charge is 0.573 e. The zero-order valence-corrected chi connectivity index (χ0v) is 15.1. The van der Waals surface area contributed by atoms with E-state index in [0.717, 1.165) is 16.3 Å². The number of anilines is 3. The van der Waals surface area contributed by atoms with Gasteiger partial charge >= 0.3 is 6.36 Å². The lowest BCUT2D eigenvalue weighted by Crippen LogP contribution is -2.16. The first kappa shape index (κ1) is 18.6. The van der Waals surface area contributed by atoms with Gasteiger partial charge in [-0.05, 0) is 42.5 Å². The number of ether oxygens (including phenoxy) is 1. The maximum Gasteiger partial charge on any atom is 0.573 e. The molecule has 29 heavy (non-hydrogen) atoms. The van der Waals surface area contributed by atoms with Crippen molar-refractivity contribution in [1.82, 2.24) is 9.97 Å². The monoisotopic (exact) mass is 400 g/mol. The maximum absolute atomic E-state index is 12.3. The fourth-order valence-corrected chi connectivity index (χ4v) is 3.04. The van der Waals surface area contributed by atoms with Gasteiger partial charge in [-0.15, -0.1) is 13.2 Å². The Morgan fingerprint density at radius 3 is 2.41 bits per heavy atom. The molecule has 0 fully saturated rings. The first-order chi connectivity index (χ1) is 13.8. The van der Waals surface area contributed by atoms with Crippen molar-refractivity contribution in [1.29, 1.82) is 0 Å². The summed E-state index contributed by atoms with van der Waals surface area (Å²) in [5.74, 6) is -0.444. The molecule has 0 unspecified atom stereocenters. The summed E-state index contributed by atoms with van der Waals surface area (Å²) in [5, 5.41) is 7.64. The Kier molecular flexibility index (Phi) is 4.50. The summed E-state index contributed by atoms with van der Waals surface area (Å²) >= 11 is 0. The number of benzene rings is 2. The molecule has 0 atom stereocenters. The third-order valence-electron chi connectivity index (χ3n) is 4.15. The molecular weight excluding hydrogens is 385 g/mol. The van der Waals surface area contributed by atoms with Crippen molar-refractivity contribution in [3.63, 3.8) is 0 Å². The van der Waals surface area contributed by atoms with Crippen molar-refractivity contribution in [3.05, 3.63) is 54.7 Å². The third-order valence-corrected chi connectivity index (χ3v) is 4.15. The van der Waals surface area contributed by atoms with E-state index in [1.807, 2.05) is 18.2 Å². The van der Waals surface area contributed by atoms with Crippen LogP contribution in [0.2, 0.25) is 0 Å². The third kappa shape index (κ3) is 4.23. The van der Waals surface area contributed by atoms with E-state index in [1.165, 1.54) is 31.2 Å². The van der Waals surface area contributed by atoms with Gasteiger partial charge in [-0.1, -0.05) is 6.07 Å². The molecule has 0 saturated heterocycles. The van der Waals surface area contributed by atoms with Crippen molar-refractivity contribution in [2.24, 2.45) is 0 Å². The molecule has 6 nitrogen and oxygen atoms in total. The van der Waals surface area contributed by atoms with Crippen LogP contribution in [0.5, 0.6) is 5.75 Å². The van der Waals surface area contributed by atoms with Crippen molar-refractivity contribution >= 4 is 44.9 Å². The minimum Gasteiger partial charge on any atom is -0.406 e. The molecule has 0 bridgehead atoms. The van der Waals surface area contributed by atoms with Gasteiger partial charge in [0.15, 0.2) is 0 Å². The first-order valence-electron chi connectivity index (χ1n) is 8.59. The average molecular weight is 400 g/mol. The highest BCUT2D eigenvalue weighted by molar-refractivity contribution is 6.08. The van der Waals surface area contributed by atoms with Gasteiger partial charge in [0.1, 0.15) is 11.4 Å². The number of carbonyl (C=O) groups is 1. The van der Waals surface area contributed by atoms with Crippen LogP contribution in [0.1, 0.15) is 6.92 Å². The van der Waals surface area contributed by atoms with Crippen LogP contribution in [0.3, 0.4) is 0 Å². The van der Waals surface area contributed by atoms with Crippen LogP contribution in [0, 0.1) is 0 Å². The second-order valence-corrected chi connectivity index (χ2v) is 6.38. The minimum atomic E-state index is -4.72. The lowest BCUT2D eigenvalue weighted by Gasteiger charge is -2.10. The standard InChI is InChI=1S/C20H15F3N4O2/c1-11(28)25-13-4-7-16-17-8-14(10-24-19(17)27-18(16)9-13)26-12-2-5-15(6-3-12)29-20(21,22)23/h2-10,26H,1H3,(H,24,27)(H,25,28). The van der Waals surface area contributed by atoms with Crippen LogP contribution >= 0.6 is 0 Å². The number of alkyl halides is 3. The molecule has 0 aliphatic rings. The number of rotatable bonds is 4. The van der Waals surface area contributed by atoms with Crippen LogP contribution in [-0.4, -0.2) is 22.2 Å². The minimum absolute atomic E-state index is 0.156.